The Balaban J connectivity index is 2.81. The minimum atomic E-state index is 0.639. The molecule has 0 atom stereocenters. The Morgan fingerprint density at radius 3 is 3.00 bits per heavy atom. The fourth-order valence-electron chi connectivity index (χ4n) is 1.19. The van der Waals surface area contributed by atoms with Gasteiger partial charge in [0.25, 0.3) is 0 Å². The van der Waals surface area contributed by atoms with Crippen LogP contribution in [-0.2, 0) is 6.42 Å². The zero-order valence-electron chi connectivity index (χ0n) is 7.22. The Morgan fingerprint density at radius 1 is 1.67 bits per heavy atom. The van der Waals surface area contributed by atoms with Crippen LogP contribution < -0.4 is 5.73 Å². The van der Waals surface area contributed by atoms with Crippen molar-refractivity contribution in [3.8, 4) is 6.07 Å². The molecule has 0 unspecified atom stereocenters. The summed E-state index contributed by atoms with van der Waals surface area (Å²) in [4.78, 5) is 2.85. The highest BCUT2D eigenvalue weighted by Crippen LogP contribution is 2.17. The maximum absolute atomic E-state index is 8.71. The maximum Gasteiger partial charge on any atom is 0.105 e. The molecule has 3 nitrogen and oxygen atoms in total. The summed E-state index contributed by atoms with van der Waals surface area (Å²) in [6, 6.07) is 2.11. The number of nitrogen functional groups attached to an aromatic ring is 1. The second-order valence-electron chi connectivity index (χ2n) is 2.81. The molecule has 1 rings (SSSR count). The molecule has 0 aromatic carbocycles. The number of hydrogen-bond acceptors (Lipinski definition) is 2. The van der Waals surface area contributed by atoms with Crippen LogP contribution in [0.1, 0.15) is 30.9 Å². The van der Waals surface area contributed by atoms with Crippen molar-refractivity contribution in [2.45, 2.75) is 26.2 Å². The average molecular weight is 163 g/mol. The van der Waals surface area contributed by atoms with E-state index in [1.54, 1.807) is 6.20 Å². The third-order valence-electron chi connectivity index (χ3n) is 1.92. The molecule has 3 heteroatoms. The number of H-pyrrole nitrogens is 1. The van der Waals surface area contributed by atoms with E-state index in [4.69, 9.17) is 11.0 Å². The lowest BCUT2D eigenvalue weighted by Crippen LogP contribution is -1.93. The highest BCUT2D eigenvalue weighted by atomic mass is 14.8. The van der Waals surface area contributed by atoms with E-state index in [9.17, 15) is 0 Å². The molecule has 0 saturated heterocycles. The third kappa shape index (κ3) is 1.59. The fourth-order valence-corrected chi connectivity index (χ4v) is 1.19. The Bertz CT molecular complexity index is 293. The van der Waals surface area contributed by atoms with Crippen molar-refractivity contribution in [1.29, 1.82) is 5.26 Å². The van der Waals surface area contributed by atoms with Crippen LogP contribution in [0.15, 0.2) is 6.20 Å². The van der Waals surface area contributed by atoms with E-state index in [1.165, 1.54) is 0 Å². The summed E-state index contributed by atoms with van der Waals surface area (Å²) in [6.45, 7) is 2.12. The monoisotopic (exact) mass is 163 g/mol. The van der Waals surface area contributed by atoms with Gasteiger partial charge in [-0.1, -0.05) is 13.3 Å². The lowest BCUT2D eigenvalue weighted by Gasteiger charge is -1.97. The Hall–Kier alpha value is -1.43. The number of rotatable bonds is 3. The van der Waals surface area contributed by atoms with Crippen molar-refractivity contribution in [1.82, 2.24) is 4.98 Å². The van der Waals surface area contributed by atoms with Gasteiger partial charge in [-0.3, -0.25) is 0 Å². The fraction of sp³-hybridized carbons (Fsp3) is 0.444. The van der Waals surface area contributed by atoms with Gasteiger partial charge in [0.05, 0.1) is 5.56 Å². The highest BCUT2D eigenvalue weighted by molar-refractivity contribution is 5.51. The van der Waals surface area contributed by atoms with E-state index in [0.29, 0.717) is 11.4 Å². The number of nitrogens with two attached hydrogens (primary N) is 1. The van der Waals surface area contributed by atoms with E-state index in [-0.39, 0.29) is 0 Å². The van der Waals surface area contributed by atoms with E-state index in [2.05, 4.69) is 18.0 Å². The van der Waals surface area contributed by atoms with Crippen molar-refractivity contribution in [2.75, 3.05) is 5.73 Å². The topological polar surface area (TPSA) is 65.6 Å². The maximum atomic E-state index is 8.71. The van der Waals surface area contributed by atoms with Gasteiger partial charge in [-0.2, -0.15) is 5.26 Å². The van der Waals surface area contributed by atoms with Crippen molar-refractivity contribution in [3.63, 3.8) is 0 Å². The molecule has 0 radical (unpaired) electrons. The first-order valence-electron chi connectivity index (χ1n) is 4.15. The number of aromatic amines is 1. The number of anilines is 1. The van der Waals surface area contributed by atoms with Gasteiger partial charge < -0.3 is 10.7 Å². The molecule has 0 aliphatic carbocycles. The van der Waals surface area contributed by atoms with Gasteiger partial charge in [0.2, 0.25) is 0 Å². The predicted octanol–water partition coefficient (Wildman–Crippen LogP) is 1.81. The van der Waals surface area contributed by atoms with Crippen LogP contribution in [0.5, 0.6) is 0 Å². The highest BCUT2D eigenvalue weighted by Gasteiger charge is 2.06. The Labute approximate surface area is 72.2 Å². The van der Waals surface area contributed by atoms with Crippen LogP contribution >= 0.6 is 0 Å². The number of nitriles is 1. The summed E-state index contributed by atoms with van der Waals surface area (Å²) < 4.78 is 0. The normalized spacial score (nSPS) is 9.67. The second-order valence-corrected chi connectivity index (χ2v) is 2.81. The van der Waals surface area contributed by atoms with E-state index in [0.717, 1.165) is 24.8 Å². The van der Waals surface area contributed by atoms with Gasteiger partial charge in [-0.15, -0.1) is 0 Å². The summed E-state index contributed by atoms with van der Waals surface area (Å²) in [6.07, 6.45) is 4.77. The molecule has 0 spiro atoms. The Morgan fingerprint density at radius 2 is 2.42 bits per heavy atom. The average Bonchev–Trinajstić information content (AvgIpc) is 2.43. The van der Waals surface area contributed by atoms with Crippen LogP contribution in [0, 0.1) is 11.3 Å². The molecular formula is C9H13N3. The first-order valence-corrected chi connectivity index (χ1v) is 4.15. The molecule has 1 aromatic rings. The molecule has 3 N–H and O–H groups in total. The first kappa shape index (κ1) is 8.66. The van der Waals surface area contributed by atoms with Crippen molar-refractivity contribution < 1.29 is 0 Å². The second kappa shape index (κ2) is 3.82. The van der Waals surface area contributed by atoms with E-state index >= 15 is 0 Å². The van der Waals surface area contributed by atoms with Gasteiger partial charge in [0.1, 0.15) is 11.9 Å². The molecule has 64 valence electrons. The molecule has 12 heavy (non-hydrogen) atoms. The van der Waals surface area contributed by atoms with E-state index in [1.807, 2.05) is 0 Å². The number of nitrogens with one attached hydrogen (secondary N) is 1. The number of unbranched alkanes of at least 4 members (excludes halogenated alkanes) is 1. The quantitative estimate of drug-likeness (QED) is 0.713. The van der Waals surface area contributed by atoms with Crippen LogP contribution in [0.2, 0.25) is 0 Å². The molecular weight excluding hydrogens is 150 g/mol. The third-order valence-corrected chi connectivity index (χ3v) is 1.92. The van der Waals surface area contributed by atoms with Gasteiger partial charge >= 0.3 is 0 Å². The van der Waals surface area contributed by atoms with Crippen molar-refractivity contribution in [3.05, 3.63) is 17.3 Å². The van der Waals surface area contributed by atoms with E-state index < -0.39 is 0 Å². The zero-order chi connectivity index (χ0) is 8.97. The minimum absolute atomic E-state index is 0.639. The molecule has 0 bridgehead atoms. The first-order chi connectivity index (χ1) is 5.79. The van der Waals surface area contributed by atoms with Gasteiger partial charge in [-0.05, 0) is 12.8 Å². The SMILES string of the molecule is CCCCc1c(C#N)c[nH]c1N. The molecule has 0 fully saturated rings. The van der Waals surface area contributed by atoms with Gasteiger partial charge in [0, 0.05) is 11.8 Å². The number of aromatic nitrogens is 1. The summed E-state index contributed by atoms with van der Waals surface area (Å²) in [5.41, 5.74) is 7.30. The standard InChI is InChI=1S/C9H13N3/c1-2-3-4-8-7(5-10)6-12-9(8)11/h6,12H,2-4,11H2,1H3. The molecule has 1 aromatic heterocycles. The van der Waals surface area contributed by atoms with Crippen LogP contribution in [0.25, 0.3) is 0 Å². The van der Waals surface area contributed by atoms with Crippen molar-refractivity contribution in [2.24, 2.45) is 0 Å². The number of hydrogen-bond donors (Lipinski definition) is 2. The van der Waals surface area contributed by atoms with Gasteiger partial charge in [-0.25, -0.2) is 0 Å². The lowest BCUT2D eigenvalue weighted by atomic mass is 10.1. The minimum Gasteiger partial charge on any atom is -0.385 e. The molecule has 1 heterocycles. The Kier molecular flexibility index (Phi) is 2.76. The largest absolute Gasteiger partial charge is 0.385 e. The molecule has 0 aliphatic rings. The summed E-state index contributed by atoms with van der Waals surface area (Å²) in [5.74, 6) is 0.639. The van der Waals surface area contributed by atoms with Crippen LogP contribution in [0.4, 0.5) is 5.82 Å². The van der Waals surface area contributed by atoms with Crippen LogP contribution in [-0.4, -0.2) is 4.98 Å². The smallest absolute Gasteiger partial charge is 0.105 e. The van der Waals surface area contributed by atoms with Gasteiger partial charge in [0.15, 0.2) is 0 Å². The molecule has 0 aliphatic heterocycles. The lowest BCUT2D eigenvalue weighted by molar-refractivity contribution is 0.796. The molecule has 0 saturated carbocycles. The predicted molar refractivity (Wildman–Crippen MR) is 48.5 cm³/mol. The molecule has 0 amide bonds. The van der Waals surface area contributed by atoms with Crippen molar-refractivity contribution >= 4 is 5.82 Å². The number of nitrogens with zero attached hydrogens (tertiary/aromatic N) is 1. The zero-order valence-corrected chi connectivity index (χ0v) is 7.22. The summed E-state index contributed by atoms with van der Waals surface area (Å²) >= 11 is 0. The summed E-state index contributed by atoms with van der Waals surface area (Å²) in [5, 5.41) is 8.71. The van der Waals surface area contributed by atoms with Crippen LogP contribution in [0.3, 0.4) is 0 Å². The summed E-state index contributed by atoms with van der Waals surface area (Å²) in [7, 11) is 0.